The van der Waals surface area contributed by atoms with Gasteiger partial charge in [0.1, 0.15) is 20.0 Å². The second-order valence-electron chi connectivity index (χ2n) is 12.6. The molecule has 0 bridgehead atoms. The average Bonchev–Trinajstić information content (AvgIpc) is 3.30. The van der Waals surface area contributed by atoms with Crippen LogP contribution >= 0.6 is 0 Å². The van der Waals surface area contributed by atoms with E-state index >= 15 is 0 Å². The summed E-state index contributed by atoms with van der Waals surface area (Å²) in [6.45, 7) is 14.2. The number of anilines is 2. The first-order chi connectivity index (χ1) is 20.3. The van der Waals surface area contributed by atoms with Crippen LogP contribution in [0.5, 0.6) is 5.75 Å². The summed E-state index contributed by atoms with van der Waals surface area (Å²) in [5.74, 6) is 0.952. The molecule has 2 aliphatic heterocycles. The van der Waals surface area contributed by atoms with Crippen molar-refractivity contribution in [2.24, 2.45) is 0 Å². The predicted molar refractivity (Wildman–Crippen MR) is 182 cm³/mol. The van der Waals surface area contributed by atoms with E-state index in [0.717, 1.165) is 11.1 Å². The molecule has 0 saturated carbocycles. The number of benzene rings is 5. The van der Waals surface area contributed by atoms with E-state index in [1.165, 1.54) is 76.4 Å². The maximum absolute atomic E-state index is 5.91. The van der Waals surface area contributed by atoms with Crippen molar-refractivity contribution in [3.05, 3.63) is 102 Å². The second-order valence-corrected chi connectivity index (χ2v) is 16.9. The van der Waals surface area contributed by atoms with Crippen molar-refractivity contribution in [2.45, 2.75) is 47.0 Å². The van der Waals surface area contributed by atoms with Crippen molar-refractivity contribution in [2.75, 3.05) is 12.0 Å². The fourth-order valence-corrected chi connectivity index (χ4v) is 10.9. The Morgan fingerprint density at radius 2 is 1.35 bits per heavy atom. The molecule has 0 spiro atoms. The van der Waals surface area contributed by atoms with Crippen LogP contribution in [0.25, 0.3) is 43.4 Å². The Balaban J connectivity index is 0.00000300. The van der Waals surface area contributed by atoms with Gasteiger partial charge in [-0.1, -0.05) is 78.5 Å². The van der Waals surface area contributed by atoms with Gasteiger partial charge in [0.05, 0.1) is 18.3 Å². The van der Waals surface area contributed by atoms with Crippen LogP contribution < -0.4 is 20.0 Å². The molecule has 5 heteroatoms. The fourth-order valence-electron chi connectivity index (χ4n) is 7.89. The van der Waals surface area contributed by atoms with Gasteiger partial charge < -0.3 is 14.2 Å². The predicted octanol–water partition coefficient (Wildman–Crippen LogP) is 8.76. The summed E-state index contributed by atoms with van der Waals surface area (Å²) in [4.78, 5) is 2.63. The van der Waals surface area contributed by atoms with Crippen molar-refractivity contribution in [1.82, 2.24) is 4.57 Å². The minimum atomic E-state index is -2.05. The largest absolute Gasteiger partial charge is 1.00 e. The van der Waals surface area contributed by atoms with Crippen molar-refractivity contribution in [3.8, 4) is 5.75 Å². The summed E-state index contributed by atoms with van der Waals surface area (Å²) < 4.78 is 8.56. The molecule has 8 rings (SSSR count). The van der Waals surface area contributed by atoms with Gasteiger partial charge in [0, 0.05) is 22.2 Å². The summed E-state index contributed by atoms with van der Waals surface area (Å²) in [7, 11) is -0.258. The van der Waals surface area contributed by atoms with Gasteiger partial charge in [0.15, 0.2) is 0 Å². The molecule has 43 heavy (non-hydrogen) atoms. The van der Waals surface area contributed by atoms with Gasteiger partial charge in [-0.05, 0) is 60.6 Å². The van der Waals surface area contributed by atoms with Crippen LogP contribution in [0.15, 0.2) is 78.9 Å². The normalized spacial score (nSPS) is 16.0. The molecule has 5 aromatic carbocycles. The zero-order valence-electron chi connectivity index (χ0n) is 25.7. The number of ether oxygens (including phenoxy) is 1. The molecule has 2 aliphatic rings. The van der Waals surface area contributed by atoms with Crippen LogP contribution in [-0.4, -0.2) is 19.8 Å². The number of aryl methyl sites for hydroxylation is 2. The van der Waals surface area contributed by atoms with Gasteiger partial charge in [0.2, 0.25) is 0 Å². The Kier molecular flexibility index (Phi) is 6.33. The number of rotatable bonds is 1. The zero-order chi connectivity index (χ0) is 29.1. The minimum Gasteiger partial charge on any atom is -0.496 e. The molecule has 0 fully saturated rings. The molecule has 0 saturated heterocycles. The van der Waals surface area contributed by atoms with Crippen molar-refractivity contribution < 1.29 is 24.2 Å². The standard InChI is InChI=1S/C38H35N2OSi.Ru/c1-22-16-17-30-28-14-10-8-12-26(28)27-13-9-11-15-29(27)31-18-20-34-38-37(31)39(35(30)23(22)2)25(4)40(38)36-24(3)32(41-5)19-21-33(36)42(34,6)7;/h8-13,15-21,25H,1-7H3;/q-1;+1/t25-;/m0./s1. The van der Waals surface area contributed by atoms with Crippen LogP contribution in [0, 0.1) is 26.8 Å². The molecule has 1 atom stereocenters. The minimum absolute atomic E-state index is 0. The summed E-state index contributed by atoms with van der Waals surface area (Å²) >= 11 is 0. The number of fused-ring (bicyclic) bond motifs is 9. The zero-order valence-corrected chi connectivity index (χ0v) is 28.5. The summed E-state index contributed by atoms with van der Waals surface area (Å²) in [6.07, 6.45) is 0.0613. The Labute approximate surface area is 267 Å². The molecule has 3 nitrogen and oxygen atoms in total. The molecule has 0 amide bonds. The van der Waals surface area contributed by atoms with Gasteiger partial charge in [-0.2, -0.15) is 0 Å². The molecule has 3 heterocycles. The Morgan fingerprint density at radius 1 is 0.698 bits per heavy atom. The van der Waals surface area contributed by atoms with Crippen LogP contribution in [0.3, 0.4) is 0 Å². The van der Waals surface area contributed by atoms with Crippen LogP contribution in [0.1, 0.15) is 29.8 Å². The van der Waals surface area contributed by atoms with Crippen molar-refractivity contribution in [1.29, 1.82) is 0 Å². The molecule has 6 aromatic rings. The molecular formula is C38H35N2ORuSi. The van der Waals surface area contributed by atoms with E-state index in [9.17, 15) is 0 Å². The topological polar surface area (TPSA) is 17.4 Å². The molecule has 1 radical (unpaired) electrons. The van der Waals surface area contributed by atoms with E-state index in [-0.39, 0.29) is 25.6 Å². The molecule has 1 aromatic heterocycles. The summed E-state index contributed by atoms with van der Waals surface area (Å²) in [6, 6.07) is 33.0. The van der Waals surface area contributed by atoms with E-state index in [0.29, 0.717) is 0 Å². The van der Waals surface area contributed by atoms with Crippen LogP contribution in [0.4, 0.5) is 11.4 Å². The summed E-state index contributed by atoms with van der Waals surface area (Å²) in [5.41, 5.74) is 9.15. The smallest absolute Gasteiger partial charge is 0.496 e. The molecule has 0 aliphatic carbocycles. The van der Waals surface area contributed by atoms with E-state index < -0.39 is 8.07 Å². The first kappa shape index (κ1) is 28.1. The molecule has 0 N–H and O–H groups in total. The van der Waals surface area contributed by atoms with E-state index in [1.54, 1.807) is 7.11 Å². The van der Waals surface area contributed by atoms with Gasteiger partial charge >= 0.3 is 19.5 Å². The third-order valence-corrected chi connectivity index (χ3v) is 13.6. The third kappa shape index (κ3) is 3.56. The number of hydrogen-bond acceptors (Lipinski definition) is 2. The molecule has 0 unspecified atom stereocenters. The van der Waals surface area contributed by atoms with Crippen molar-refractivity contribution in [3.63, 3.8) is 0 Å². The van der Waals surface area contributed by atoms with E-state index in [1.807, 2.05) is 0 Å². The monoisotopic (exact) mass is 665 g/mol. The number of nitrogens with zero attached hydrogens (tertiary/aromatic N) is 2. The second kappa shape index (κ2) is 9.67. The quantitative estimate of drug-likeness (QED) is 0.129. The maximum Gasteiger partial charge on any atom is 1.00 e. The number of aromatic nitrogens is 1. The Bertz CT molecular complexity index is 2230. The number of methoxy groups -OCH3 is 1. The molecular weight excluding hydrogens is 630 g/mol. The first-order valence-electron chi connectivity index (χ1n) is 14.9. The van der Waals surface area contributed by atoms with Gasteiger partial charge in [-0.25, -0.2) is 0 Å². The third-order valence-electron chi connectivity index (χ3n) is 10.1. The van der Waals surface area contributed by atoms with E-state index in [2.05, 4.69) is 135 Å². The maximum atomic E-state index is 5.91. The van der Waals surface area contributed by atoms with Crippen molar-refractivity contribution >= 4 is 73.2 Å². The SMILES string of the molecule is COc1ccc2c(c1C)N1c3c(ccc4c5ccccc5c5ccc[c-]c5c5ccc(C)c(C)c5n(c34)[C@@H]1C)[Si]2(C)C.[Ru+]. The number of hydrogen-bond donors (Lipinski definition) is 0. The fraction of sp³-hybridized carbons (Fsp3) is 0.211. The molecule has 215 valence electrons. The Morgan fingerprint density at radius 3 is 2.09 bits per heavy atom. The summed E-state index contributed by atoms with van der Waals surface area (Å²) in [5, 5.41) is 10.4. The Hall–Kier alpha value is -3.66. The van der Waals surface area contributed by atoms with Gasteiger partial charge in [-0.3, -0.25) is 0 Å². The first-order valence-corrected chi connectivity index (χ1v) is 17.9. The van der Waals surface area contributed by atoms with Crippen LogP contribution in [-0.2, 0) is 19.5 Å². The van der Waals surface area contributed by atoms with Gasteiger partial charge in [-0.15, -0.1) is 35.0 Å². The van der Waals surface area contributed by atoms with E-state index in [4.69, 9.17) is 4.74 Å². The van der Waals surface area contributed by atoms with Gasteiger partial charge in [0.25, 0.3) is 0 Å². The van der Waals surface area contributed by atoms with Crippen LogP contribution in [0.2, 0.25) is 13.1 Å². The average molecular weight is 665 g/mol.